The van der Waals surface area contributed by atoms with Crippen molar-refractivity contribution in [3.63, 3.8) is 0 Å². The molecule has 0 aromatic carbocycles. The van der Waals surface area contributed by atoms with Gasteiger partial charge in [-0.25, -0.2) is 4.79 Å². The Morgan fingerprint density at radius 2 is 1.96 bits per heavy atom. The van der Waals surface area contributed by atoms with Gasteiger partial charge in [0.05, 0.1) is 5.69 Å². The molecule has 0 saturated carbocycles. The zero-order valence-electron chi connectivity index (χ0n) is 14.5. The van der Waals surface area contributed by atoms with Gasteiger partial charge in [-0.2, -0.15) is 0 Å². The molecule has 2 N–H and O–H groups in total. The van der Waals surface area contributed by atoms with E-state index in [-0.39, 0.29) is 30.7 Å². The second kappa shape index (κ2) is 9.05. The molecule has 24 heavy (non-hydrogen) atoms. The van der Waals surface area contributed by atoms with Crippen molar-refractivity contribution in [3.8, 4) is 0 Å². The smallest absolute Gasteiger partial charge is 0.326 e. The molecule has 134 valence electrons. The Morgan fingerprint density at radius 1 is 1.33 bits per heavy atom. The van der Waals surface area contributed by atoms with Crippen molar-refractivity contribution in [1.82, 2.24) is 15.4 Å². The van der Waals surface area contributed by atoms with Gasteiger partial charge in [0.15, 0.2) is 0 Å². The highest BCUT2D eigenvalue weighted by molar-refractivity contribution is 5.94. The maximum absolute atomic E-state index is 12.6. The van der Waals surface area contributed by atoms with Crippen LogP contribution in [0.25, 0.3) is 0 Å². The maximum Gasteiger partial charge on any atom is 0.326 e. The fourth-order valence-electron chi connectivity index (χ4n) is 2.39. The zero-order chi connectivity index (χ0) is 18.3. The van der Waals surface area contributed by atoms with Gasteiger partial charge in [0.2, 0.25) is 11.7 Å². The van der Waals surface area contributed by atoms with Crippen LogP contribution < -0.4 is 5.32 Å². The Kier molecular flexibility index (Phi) is 7.41. The van der Waals surface area contributed by atoms with Crippen molar-refractivity contribution in [1.29, 1.82) is 0 Å². The summed E-state index contributed by atoms with van der Waals surface area (Å²) in [6.45, 7) is 7.03. The lowest BCUT2D eigenvalue weighted by atomic mass is 9.99. The van der Waals surface area contributed by atoms with Crippen molar-refractivity contribution in [3.05, 3.63) is 17.5 Å². The summed E-state index contributed by atoms with van der Waals surface area (Å²) >= 11 is 0. The van der Waals surface area contributed by atoms with E-state index >= 15 is 0 Å². The molecule has 0 fully saturated rings. The summed E-state index contributed by atoms with van der Waals surface area (Å²) in [7, 11) is 0. The molecule has 0 aliphatic carbocycles. The third kappa shape index (κ3) is 5.07. The highest BCUT2D eigenvalue weighted by atomic mass is 16.5. The molecule has 2 amide bonds. The Morgan fingerprint density at radius 3 is 2.46 bits per heavy atom. The molecule has 1 heterocycles. The number of hydrogen-bond acceptors (Lipinski definition) is 5. The number of carboxylic acids is 1. The van der Waals surface area contributed by atoms with Crippen LogP contribution in [0.3, 0.4) is 0 Å². The second-order valence-corrected chi connectivity index (χ2v) is 5.63. The number of nitrogens with zero attached hydrogens (tertiary/aromatic N) is 2. The fraction of sp³-hybridized carbons (Fsp3) is 0.625. The van der Waals surface area contributed by atoms with Gasteiger partial charge in [-0.15, -0.1) is 0 Å². The molecule has 8 heteroatoms. The van der Waals surface area contributed by atoms with Crippen molar-refractivity contribution in [2.75, 3.05) is 13.1 Å². The molecule has 1 unspecified atom stereocenters. The van der Waals surface area contributed by atoms with Gasteiger partial charge in [0.25, 0.3) is 5.91 Å². The van der Waals surface area contributed by atoms with Gasteiger partial charge < -0.3 is 19.8 Å². The summed E-state index contributed by atoms with van der Waals surface area (Å²) in [5, 5.41) is 15.7. The molecule has 0 bridgehead atoms. The van der Waals surface area contributed by atoms with Gasteiger partial charge in [-0.3, -0.25) is 9.59 Å². The highest BCUT2D eigenvalue weighted by Crippen LogP contribution is 2.23. The van der Waals surface area contributed by atoms with Crippen LogP contribution in [0.15, 0.2) is 10.6 Å². The molecule has 1 aromatic heterocycles. The normalized spacial score (nSPS) is 12.0. The van der Waals surface area contributed by atoms with Crippen LogP contribution in [0.1, 0.15) is 62.7 Å². The first-order valence-corrected chi connectivity index (χ1v) is 8.06. The molecule has 0 saturated heterocycles. The monoisotopic (exact) mass is 339 g/mol. The minimum Gasteiger partial charge on any atom is -0.480 e. The number of rotatable bonds is 9. The lowest BCUT2D eigenvalue weighted by molar-refractivity contribution is -0.141. The topological polar surface area (TPSA) is 113 Å². The number of nitrogens with one attached hydrogen (secondary N) is 1. The van der Waals surface area contributed by atoms with Crippen LogP contribution in [0, 0.1) is 0 Å². The van der Waals surface area contributed by atoms with Crippen molar-refractivity contribution in [2.45, 2.75) is 52.5 Å². The third-order valence-corrected chi connectivity index (χ3v) is 3.96. The lowest BCUT2D eigenvalue weighted by Gasteiger charge is -2.25. The number of amides is 2. The minimum absolute atomic E-state index is 0.00725. The van der Waals surface area contributed by atoms with Gasteiger partial charge in [0.1, 0.15) is 6.04 Å². The summed E-state index contributed by atoms with van der Waals surface area (Å²) in [6, 6.07) is 0.521. The predicted octanol–water partition coefficient (Wildman–Crippen LogP) is 1.63. The van der Waals surface area contributed by atoms with E-state index in [1.807, 2.05) is 13.8 Å². The number of carboxylic acid groups (broad SMARTS) is 1. The molecule has 0 spiro atoms. The molecule has 1 aromatic rings. The van der Waals surface area contributed by atoms with Crippen molar-refractivity contribution in [2.24, 2.45) is 0 Å². The lowest BCUT2D eigenvalue weighted by Crippen LogP contribution is -2.46. The first-order valence-electron chi connectivity index (χ1n) is 8.06. The van der Waals surface area contributed by atoms with Crippen LogP contribution in [0.2, 0.25) is 0 Å². The van der Waals surface area contributed by atoms with Crippen molar-refractivity contribution >= 4 is 17.8 Å². The fourth-order valence-corrected chi connectivity index (χ4v) is 2.39. The Hall–Kier alpha value is -2.38. The van der Waals surface area contributed by atoms with E-state index in [2.05, 4.69) is 10.5 Å². The number of aromatic nitrogens is 1. The third-order valence-electron chi connectivity index (χ3n) is 3.96. The van der Waals surface area contributed by atoms with Crippen LogP contribution in [-0.4, -0.2) is 52.1 Å². The minimum atomic E-state index is -1.13. The Bertz CT molecular complexity index is 580. The molecule has 0 aliphatic rings. The van der Waals surface area contributed by atoms with Gasteiger partial charge in [-0.1, -0.05) is 19.0 Å². The SMILES string of the molecule is CCC(CC)c1cc(C(=O)N(CCNC(C)=O)C(C)C(=O)O)on1. The van der Waals surface area contributed by atoms with Crippen LogP contribution in [0.5, 0.6) is 0 Å². The number of carbonyl (C=O) groups is 3. The molecule has 0 radical (unpaired) electrons. The molecule has 1 rings (SSSR count). The first kappa shape index (κ1) is 19.7. The van der Waals surface area contributed by atoms with E-state index in [9.17, 15) is 19.5 Å². The van der Waals surface area contributed by atoms with E-state index in [0.29, 0.717) is 5.69 Å². The predicted molar refractivity (Wildman–Crippen MR) is 86.6 cm³/mol. The first-order chi connectivity index (χ1) is 11.3. The quantitative estimate of drug-likeness (QED) is 0.707. The largest absolute Gasteiger partial charge is 0.480 e. The summed E-state index contributed by atoms with van der Waals surface area (Å²) < 4.78 is 5.13. The zero-order valence-corrected chi connectivity index (χ0v) is 14.5. The van der Waals surface area contributed by atoms with E-state index in [1.54, 1.807) is 6.07 Å². The van der Waals surface area contributed by atoms with Gasteiger partial charge in [0, 0.05) is 32.0 Å². The van der Waals surface area contributed by atoms with Crippen molar-refractivity contribution < 1.29 is 24.0 Å². The average molecular weight is 339 g/mol. The maximum atomic E-state index is 12.6. The van der Waals surface area contributed by atoms with E-state index < -0.39 is 17.9 Å². The number of carbonyl (C=O) groups excluding carboxylic acids is 2. The molecular weight excluding hydrogens is 314 g/mol. The van der Waals surface area contributed by atoms with Crippen LogP contribution >= 0.6 is 0 Å². The van der Waals surface area contributed by atoms with Gasteiger partial charge >= 0.3 is 5.97 Å². The summed E-state index contributed by atoms with van der Waals surface area (Å²) in [5.74, 6) is -1.74. The van der Waals surface area contributed by atoms with E-state index in [0.717, 1.165) is 17.7 Å². The standard InChI is InChI=1S/C16H25N3O5/c1-5-12(6-2)13-9-14(24-18-13)15(21)19(10(3)16(22)23)8-7-17-11(4)20/h9-10,12H,5-8H2,1-4H3,(H,17,20)(H,22,23). The molecule has 0 aliphatic heterocycles. The van der Waals surface area contributed by atoms with Gasteiger partial charge in [-0.05, 0) is 19.8 Å². The summed E-state index contributed by atoms with van der Waals surface area (Å²) in [5.41, 5.74) is 0.688. The molecule has 1 atom stereocenters. The average Bonchev–Trinajstić information content (AvgIpc) is 3.01. The van der Waals surface area contributed by atoms with Crippen LogP contribution in [-0.2, 0) is 9.59 Å². The second-order valence-electron chi connectivity index (χ2n) is 5.63. The Balaban J connectivity index is 2.94. The number of hydrogen-bond donors (Lipinski definition) is 2. The summed E-state index contributed by atoms with van der Waals surface area (Å²) in [6.07, 6.45) is 1.74. The molecule has 8 nitrogen and oxygen atoms in total. The van der Waals surface area contributed by atoms with E-state index in [1.165, 1.54) is 13.8 Å². The van der Waals surface area contributed by atoms with E-state index in [4.69, 9.17) is 4.52 Å². The summed E-state index contributed by atoms with van der Waals surface area (Å²) in [4.78, 5) is 35.9. The highest BCUT2D eigenvalue weighted by Gasteiger charge is 2.29. The van der Waals surface area contributed by atoms with Crippen LogP contribution in [0.4, 0.5) is 0 Å². The Labute approximate surface area is 141 Å². The molecular formula is C16H25N3O5. The number of aliphatic carboxylic acids is 1.